The Labute approximate surface area is 374 Å². The molecule has 2 unspecified atom stereocenters. The van der Waals surface area contributed by atoms with Gasteiger partial charge in [-0.3, -0.25) is 9.59 Å². The standard InChI is InChI=1S/C54H105NO5/c1-3-5-7-9-11-13-15-16-17-21-24-28-32-36-40-44-48-54(59)60-49-45-41-37-33-29-25-22-19-18-20-23-27-31-35-39-43-47-53(58)55-51(50-56)52(57)46-42-38-34-30-26-14-12-10-8-6-4-2/h18,20,51-52,56-57H,3-17,19,21-50H2,1-2H3,(H,55,58)/b20-18-. The van der Waals surface area contributed by atoms with Crippen LogP contribution in [0.4, 0.5) is 0 Å². The molecule has 0 aliphatic carbocycles. The molecule has 0 rings (SSSR count). The molecule has 0 radical (unpaired) electrons. The van der Waals surface area contributed by atoms with Gasteiger partial charge in [-0.15, -0.1) is 0 Å². The van der Waals surface area contributed by atoms with Crippen LogP contribution >= 0.6 is 0 Å². The largest absolute Gasteiger partial charge is 0.466 e. The van der Waals surface area contributed by atoms with E-state index in [4.69, 9.17) is 4.74 Å². The van der Waals surface area contributed by atoms with Crippen LogP contribution in [-0.4, -0.2) is 47.4 Å². The highest BCUT2D eigenvalue weighted by atomic mass is 16.5. The Morgan fingerprint density at radius 2 is 0.783 bits per heavy atom. The molecule has 356 valence electrons. The second-order valence-electron chi connectivity index (χ2n) is 18.6. The van der Waals surface area contributed by atoms with Crippen molar-refractivity contribution in [3.05, 3.63) is 12.2 Å². The molecule has 0 saturated heterocycles. The Morgan fingerprint density at radius 1 is 0.450 bits per heavy atom. The van der Waals surface area contributed by atoms with E-state index in [1.165, 1.54) is 199 Å². The van der Waals surface area contributed by atoms with Crippen LogP contribution in [0.1, 0.15) is 296 Å². The minimum atomic E-state index is -0.672. The maximum atomic E-state index is 12.4. The summed E-state index contributed by atoms with van der Waals surface area (Å²) in [6.45, 7) is 4.93. The zero-order valence-electron chi connectivity index (χ0n) is 40.5. The van der Waals surface area contributed by atoms with Crippen molar-refractivity contribution in [1.29, 1.82) is 0 Å². The van der Waals surface area contributed by atoms with Crippen LogP contribution in [0.25, 0.3) is 0 Å². The highest BCUT2D eigenvalue weighted by Gasteiger charge is 2.20. The fourth-order valence-corrected chi connectivity index (χ4v) is 8.40. The first-order valence-electron chi connectivity index (χ1n) is 26.9. The van der Waals surface area contributed by atoms with E-state index >= 15 is 0 Å². The number of amides is 1. The Morgan fingerprint density at radius 3 is 1.18 bits per heavy atom. The first-order valence-corrected chi connectivity index (χ1v) is 26.9. The molecule has 3 N–H and O–H groups in total. The van der Waals surface area contributed by atoms with Gasteiger partial charge in [-0.1, -0.05) is 244 Å². The predicted molar refractivity (Wildman–Crippen MR) is 260 cm³/mol. The van der Waals surface area contributed by atoms with Crippen molar-refractivity contribution in [2.45, 2.75) is 309 Å². The van der Waals surface area contributed by atoms with E-state index in [1.807, 2.05) is 0 Å². The van der Waals surface area contributed by atoms with Gasteiger partial charge in [0.2, 0.25) is 5.91 Å². The van der Waals surface area contributed by atoms with E-state index in [-0.39, 0.29) is 18.5 Å². The Bertz CT molecular complexity index is 893. The van der Waals surface area contributed by atoms with Crippen molar-refractivity contribution in [2.24, 2.45) is 0 Å². The molecular weight excluding hydrogens is 743 g/mol. The molecule has 0 fully saturated rings. The number of esters is 1. The molecule has 0 bridgehead atoms. The fourth-order valence-electron chi connectivity index (χ4n) is 8.40. The smallest absolute Gasteiger partial charge is 0.305 e. The summed E-state index contributed by atoms with van der Waals surface area (Å²) in [5, 5.41) is 23.1. The molecule has 1 amide bonds. The summed E-state index contributed by atoms with van der Waals surface area (Å²) >= 11 is 0. The molecule has 0 aliphatic heterocycles. The van der Waals surface area contributed by atoms with Crippen LogP contribution in [0.15, 0.2) is 12.2 Å². The van der Waals surface area contributed by atoms with Crippen molar-refractivity contribution in [3.63, 3.8) is 0 Å². The monoisotopic (exact) mass is 848 g/mol. The first-order chi connectivity index (χ1) is 29.5. The molecule has 0 aliphatic rings. The average molecular weight is 848 g/mol. The van der Waals surface area contributed by atoms with Gasteiger partial charge in [0.1, 0.15) is 0 Å². The molecule has 60 heavy (non-hydrogen) atoms. The van der Waals surface area contributed by atoms with Gasteiger partial charge >= 0.3 is 5.97 Å². The average Bonchev–Trinajstić information content (AvgIpc) is 3.25. The predicted octanol–water partition coefficient (Wildman–Crippen LogP) is 16.1. The quantitative estimate of drug-likeness (QED) is 0.0322. The van der Waals surface area contributed by atoms with Crippen molar-refractivity contribution in [2.75, 3.05) is 13.2 Å². The van der Waals surface area contributed by atoms with Gasteiger partial charge in [-0.05, 0) is 51.4 Å². The third kappa shape index (κ3) is 46.1. The second-order valence-corrected chi connectivity index (χ2v) is 18.6. The van der Waals surface area contributed by atoms with E-state index in [2.05, 4.69) is 31.3 Å². The van der Waals surface area contributed by atoms with Crippen molar-refractivity contribution >= 4 is 11.9 Å². The van der Waals surface area contributed by atoms with Crippen LogP contribution in [0.5, 0.6) is 0 Å². The van der Waals surface area contributed by atoms with E-state index in [1.54, 1.807) is 0 Å². The number of aliphatic hydroxyl groups is 2. The molecule has 6 nitrogen and oxygen atoms in total. The number of carbonyl (C=O) groups is 2. The van der Waals surface area contributed by atoms with Gasteiger partial charge < -0.3 is 20.3 Å². The van der Waals surface area contributed by atoms with Crippen molar-refractivity contribution in [1.82, 2.24) is 5.32 Å². The number of aliphatic hydroxyl groups excluding tert-OH is 2. The molecule has 0 saturated carbocycles. The van der Waals surface area contributed by atoms with Crippen molar-refractivity contribution < 1.29 is 24.5 Å². The third-order valence-electron chi connectivity index (χ3n) is 12.6. The molecule has 0 aromatic heterocycles. The van der Waals surface area contributed by atoms with Crippen LogP contribution in [0.3, 0.4) is 0 Å². The van der Waals surface area contributed by atoms with Gasteiger partial charge in [0, 0.05) is 12.8 Å². The highest BCUT2D eigenvalue weighted by molar-refractivity contribution is 5.76. The van der Waals surface area contributed by atoms with Crippen LogP contribution in [0.2, 0.25) is 0 Å². The van der Waals surface area contributed by atoms with E-state index in [0.717, 1.165) is 64.2 Å². The van der Waals surface area contributed by atoms with Crippen LogP contribution < -0.4 is 5.32 Å². The first kappa shape index (κ1) is 58.6. The number of carbonyl (C=O) groups excluding carboxylic acids is 2. The molecule has 0 heterocycles. The Hall–Kier alpha value is -1.40. The summed E-state index contributed by atoms with van der Waals surface area (Å²) < 4.78 is 5.47. The van der Waals surface area contributed by atoms with Gasteiger partial charge in [-0.25, -0.2) is 0 Å². The number of ether oxygens (including phenoxy) is 1. The summed E-state index contributed by atoms with van der Waals surface area (Å²) in [6, 6.07) is -0.551. The lowest BCUT2D eigenvalue weighted by Gasteiger charge is -2.22. The zero-order chi connectivity index (χ0) is 43.7. The maximum Gasteiger partial charge on any atom is 0.305 e. The summed E-state index contributed by atoms with van der Waals surface area (Å²) in [6.07, 6.45) is 57.6. The fraction of sp³-hybridized carbons (Fsp3) is 0.926. The topological polar surface area (TPSA) is 95.9 Å². The molecule has 0 spiro atoms. The SMILES string of the molecule is CCCCCCCCCCCCCCCCCCC(=O)OCCCCCCCCC/C=C\CCCCCCCC(=O)NC(CO)C(O)CCCCCCCCCCCCC. The van der Waals surface area contributed by atoms with Gasteiger partial charge in [-0.2, -0.15) is 0 Å². The van der Waals surface area contributed by atoms with E-state index < -0.39 is 12.1 Å². The van der Waals surface area contributed by atoms with Crippen LogP contribution in [0, 0.1) is 0 Å². The zero-order valence-corrected chi connectivity index (χ0v) is 40.5. The summed E-state index contributed by atoms with van der Waals surface area (Å²) in [7, 11) is 0. The number of rotatable bonds is 50. The number of nitrogens with one attached hydrogen (secondary N) is 1. The number of hydrogen-bond acceptors (Lipinski definition) is 5. The second kappa shape index (κ2) is 50.2. The summed E-state index contributed by atoms with van der Waals surface area (Å²) in [5.41, 5.74) is 0. The summed E-state index contributed by atoms with van der Waals surface area (Å²) in [5.74, 6) is -0.0517. The van der Waals surface area contributed by atoms with Gasteiger partial charge in [0.05, 0.1) is 25.4 Å². The summed E-state index contributed by atoms with van der Waals surface area (Å²) in [4.78, 5) is 24.5. The molecule has 2 atom stereocenters. The molecule has 0 aromatic carbocycles. The highest BCUT2D eigenvalue weighted by Crippen LogP contribution is 2.17. The van der Waals surface area contributed by atoms with E-state index in [0.29, 0.717) is 25.9 Å². The van der Waals surface area contributed by atoms with Gasteiger partial charge in [0.25, 0.3) is 0 Å². The van der Waals surface area contributed by atoms with Crippen molar-refractivity contribution in [3.8, 4) is 0 Å². The number of unbranched alkanes of at least 4 members (excludes halogenated alkanes) is 37. The van der Waals surface area contributed by atoms with E-state index in [9.17, 15) is 19.8 Å². The maximum absolute atomic E-state index is 12.4. The normalized spacial score (nSPS) is 12.7. The lowest BCUT2D eigenvalue weighted by molar-refractivity contribution is -0.143. The molecule has 6 heteroatoms. The molecular formula is C54H105NO5. The molecule has 0 aromatic rings. The lowest BCUT2D eigenvalue weighted by Crippen LogP contribution is -2.45. The third-order valence-corrected chi connectivity index (χ3v) is 12.6. The number of hydrogen-bond donors (Lipinski definition) is 3. The van der Waals surface area contributed by atoms with Gasteiger partial charge in [0.15, 0.2) is 0 Å². The number of allylic oxidation sites excluding steroid dienone is 2. The lowest BCUT2D eigenvalue weighted by atomic mass is 10.0. The van der Waals surface area contributed by atoms with Crippen LogP contribution in [-0.2, 0) is 14.3 Å². The Balaban J connectivity index is 3.43. The minimum absolute atomic E-state index is 0.000705. The Kier molecular flexibility index (Phi) is 49.1. The minimum Gasteiger partial charge on any atom is -0.466 e.